The van der Waals surface area contributed by atoms with Gasteiger partial charge in [-0.2, -0.15) is 4.57 Å². The van der Waals surface area contributed by atoms with Crippen molar-refractivity contribution in [2.45, 2.75) is 135 Å². The van der Waals surface area contributed by atoms with Crippen LogP contribution in [0.4, 0.5) is 4.79 Å². The molecule has 1 unspecified atom stereocenters. The minimum Gasteiger partial charge on any atom is -0.756 e. The number of amides is 1. The molecule has 9 nitrogen and oxygen atoms in total. The van der Waals surface area contributed by atoms with Crippen LogP contribution in [0, 0.1) is 0 Å². The zero-order valence-corrected chi connectivity index (χ0v) is 27.1. The number of ether oxygens (including phenoxy) is 2. The van der Waals surface area contributed by atoms with Gasteiger partial charge in [-0.15, -0.1) is 0 Å². The van der Waals surface area contributed by atoms with Crippen molar-refractivity contribution in [1.29, 1.82) is 0 Å². The van der Waals surface area contributed by atoms with Crippen molar-refractivity contribution in [3.63, 3.8) is 0 Å². The summed E-state index contributed by atoms with van der Waals surface area (Å²) in [6.07, 6.45) is 23.6. The van der Waals surface area contributed by atoms with Crippen LogP contribution in [0.1, 0.15) is 122 Å². The van der Waals surface area contributed by atoms with E-state index in [0.717, 1.165) is 19.3 Å². The number of carbonyl (C=O) groups is 1. The summed E-state index contributed by atoms with van der Waals surface area (Å²) in [6.45, 7) is 3.37. The van der Waals surface area contributed by atoms with Crippen LogP contribution < -0.4 is 14.8 Å². The average Bonchev–Trinajstić information content (AvgIpc) is 3.66. The molecule has 0 saturated carbocycles. The SMILES string of the molecule is CCCCCCCCCCCCCCCCCCNC(=O)OC[C@]1(COP(=O)([O-])OCC[n+]2ccsc2)CCCO1. The Hall–Kier alpha value is -1.03. The number of phosphoric acid groups is 1. The quantitative estimate of drug-likeness (QED) is 0.0672. The molecule has 0 radical (unpaired) electrons. The number of nitrogens with zero attached hydrogens (tertiary/aromatic N) is 1. The molecule has 238 valence electrons. The summed E-state index contributed by atoms with van der Waals surface area (Å²) >= 11 is 1.51. The molecule has 1 aromatic heterocycles. The zero-order valence-electron chi connectivity index (χ0n) is 25.4. The molecule has 2 atom stereocenters. The average molecular weight is 619 g/mol. The Morgan fingerprint density at radius 3 is 2.10 bits per heavy atom. The number of nitrogens with one attached hydrogen (secondary N) is 1. The smallest absolute Gasteiger partial charge is 0.407 e. The Labute approximate surface area is 252 Å². The number of hydrogen-bond donors (Lipinski definition) is 1. The molecule has 1 fully saturated rings. The van der Waals surface area contributed by atoms with E-state index in [1.54, 1.807) is 0 Å². The lowest BCUT2D eigenvalue weighted by atomic mass is 10.0. The van der Waals surface area contributed by atoms with E-state index in [4.69, 9.17) is 18.5 Å². The van der Waals surface area contributed by atoms with Gasteiger partial charge >= 0.3 is 6.09 Å². The first-order chi connectivity index (χ1) is 19.9. The highest BCUT2D eigenvalue weighted by Crippen LogP contribution is 2.41. The van der Waals surface area contributed by atoms with Gasteiger partial charge in [0.1, 0.15) is 18.8 Å². The van der Waals surface area contributed by atoms with Crippen LogP contribution in [0.3, 0.4) is 0 Å². The molecule has 1 amide bonds. The molecule has 1 aromatic rings. The molecular weight excluding hydrogens is 563 g/mol. The summed E-state index contributed by atoms with van der Waals surface area (Å²) < 4.78 is 35.2. The molecule has 0 aromatic carbocycles. The highest BCUT2D eigenvalue weighted by molar-refractivity contribution is 7.45. The molecule has 1 N–H and O–H groups in total. The Morgan fingerprint density at radius 1 is 0.951 bits per heavy atom. The molecule has 0 aliphatic carbocycles. The van der Waals surface area contributed by atoms with Crippen LogP contribution in [0.15, 0.2) is 17.1 Å². The first kappa shape index (κ1) is 36.2. The second-order valence-corrected chi connectivity index (χ2v) is 13.4. The van der Waals surface area contributed by atoms with Crippen LogP contribution in [0.5, 0.6) is 0 Å². The standard InChI is InChI=1S/C30H55N2O7PS/c1-2-3-4-5-6-7-8-9-10-11-12-13-14-15-16-17-20-31-29(33)36-26-30(19-18-23-37-30)27-39-40(34,35)38-24-21-32-22-25-41-28-32/h22,25,28H,2-21,23-24,26-27H2,1H3,(H-,31,33,34,35)/t30-/m0/s1. The van der Waals surface area contributed by atoms with E-state index in [1.807, 2.05) is 21.7 Å². The minimum absolute atomic E-state index is 0.0195. The fraction of sp³-hybridized carbons (Fsp3) is 0.867. The zero-order chi connectivity index (χ0) is 29.5. The van der Waals surface area contributed by atoms with Crippen LogP contribution in [-0.4, -0.2) is 44.7 Å². The van der Waals surface area contributed by atoms with Crippen LogP contribution in [0.2, 0.25) is 0 Å². The molecule has 2 heterocycles. The molecule has 11 heteroatoms. The Kier molecular flexibility index (Phi) is 19.8. The van der Waals surface area contributed by atoms with Crippen LogP contribution >= 0.6 is 19.2 Å². The van der Waals surface area contributed by atoms with Gasteiger partial charge in [0.05, 0.1) is 12.0 Å². The largest absolute Gasteiger partial charge is 0.756 e. The Morgan fingerprint density at radius 2 is 1.56 bits per heavy atom. The van der Waals surface area contributed by atoms with Gasteiger partial charge in [-0.25, -0.2) is 4.79 Å². The van der Waals surface area contributed by atoms with Crippen molar-refractivity contribution >= 4 is 25.3 Å². The number of phosphoric ester groups is 1. The second-order valence-electron chi connectivity index (χ2n) is 11.3. The molecule has 2 rings (SSSR count). The van der Waals surface area contributed by atoms with Crippen LogP contribution in [0.25, 0.3) is 0 Å². The topological polar surface area (TPSA) is 110 Å². The number of aromatic nitrogens is 1. The first-order valence-corrected chi connectivity index (χ1v) is 18.4. The summed E-state index contributed by atoms with van der Waals surface area (Å²) in [5, 5.41) is 4.68. The number of thiazole rings is 1. The molecule has 1 aliphatic heterocycles. The number of unbranched alkanes of at least 4 members (excludes halogenated alkanes) is 15. The predicted molar refractivity (Wildman–Crippen MR) is 161 cm³/mol. The molecule has 1 saturated heterocycles. The lowest BCUT2D eigenvalue weighted by Gasteiger charge is -2.31. The number of rotatable bonds is 26. The van der Waals surface area contributed by atoms with Crippen molar-refractivity contribution in [2.24, 2.45) is 0 Å². The lowest BCUT2D eigenvalue weighted by molar-refractivity contribution is -0.693. The number of alkyl carbamates (subject to hydrolysis) is 1. The summed E-state index contributed by atoms with van der Waals surface area (Å²) in [5.74, 6) is 0. The van der Waals surface area contributed by atoms with Gasteiger partial charge in [-0.3, -0.25) is 4.57 Å². The van der Waals surface area contributed by atoms with Crippen molar-refractivity contribution in [2.75, 3.05) is 33.0 Å². The Balaban J connectivity index is 1.43. The summed E-state index contributed by atoms with van der Waals surface area (Å²) in [7, 11) is -4.50. The van der Waals surface area contributed by atoms with Crippen LogP contribution in [-0.2, 0) is 29.6 Å². The van der Waals surface area contributed by atoms with E-state index in [-0.39, 0.29) is 19.8 Å². The Bertz CT molecular complexity index is 822. The van der Waals surface area contributed by atoms with E-state index >= 15 is 0 Å². The van der Waals surface area contributed by atoms with Crippen molar-refractivity contribution in [3.8, 4) is 0 Å². The third-order valence-electron chi connectivity index (χ3n) is 7.56. The lowest BCUT2D eigenvalue weighted by Crippen LogP contribution is -2.41. The third kappa shape index (κ3) is 18.3. The third-order valence-corrected chi connectivity index (χ3v) is 9.18. The van der Waals surface area contributed by atoms with Crippen molar-refractivity contribution in [1.82, 2.24) is 5.32 Å². The normalized spacial score (nSPS) is 18.4. The summed E-state index contributed by atoms with van der Waals surface area (Å²) in [6, 6.07) is 0. The second kappa shape index (κ2) is 22.5. The highest BCUT2D eigenvalue weighted by atomic mass is 32.1. The van der Waals surface area contributed by atoms with Gasteiger partial charge in [0.15, 0.2) is 12.7 Å². The van der Waals surface area contributed by atoms with Gasteiger partial charge in [0, 0.05) is 13.2 Å². The van der Waals surface area contributed by atoms with Crippen molar-refractivity contribution < 1.29 is 37.3 Å². The van der Waals surface area contributed by atoms with Gasteiger partial charge in [0.2, 0.25) is 5.51 Å². The molecular formula is C30H55N2O7PS. The monoisotopic (exact) mass is 618 g/mol. The van der Waals surface area contributed by atoms with Crippen molar-refractivity contribution in [3.05, 3.63) is 17.1 Å². The number of hydrogen-bond acceptors (Lipinski definition) is 8. The highest BCUT2D eigenvalue weighted by Gasteiger charge is 2.38. The van der Waals surface area contributed by atoms with E-state index in [0.29, 0.717) is 26.1 Å². The fourth-order valence-electron chi connectivity index (χ4n) is 5.02. The van der Waals surface area contributed by atoms with E-state index in [9.17, 15) is 14.3 Å². The summed E-state index contributed by atoms with van der Waals surface area (Å²) in [4.78, 5) is 24.4. The first-order valence-electron chi connectivity index (χ1n) is 16.0. The molecule has 1 aliphatic rings. The van der Waals surface area contributed by atoms with Gasteiger partial charge in [-0.1, -0.05) is 115 Å². The van der Waals surface area contributed by atoms with Gasteiger partial charge < -0.3 is 28.7 Å². The van der Waals surface area contributed by atoms with Gasteiger partial charge in [0.25, 0.3) is 7.82 Å². The van der Waals surface area contributed by atoms with Gasteiger partial charge in [-0.05, 0) is 19.3 Å². The molecule has 41 heavy (non-hydrogen) atoms. The molecule has 0 bridgehead atoms. The fourth-order valence-corrected chi connectivity index (χ4v) is 6.42. The number of carbonyl (C=O) groups excluding carboxylic acids is 1. The maximum atomic E-state index is 12.2. The molecule has 0 spiro atoms. The maximum absolute atomic E-state index is 12.2. The summed E-state index contributed by atoms with van der Waals surface area (Å²) in [5.41, 5.74) is 0.890. The van der Waals surface area contributed by atoms with E-state index in [1.165, 1.54) is 101 Å². The predicted octanol–water partition coefficient (Wildman–Crippen LogP) is 7.07. The van der Waals surface area contributed by atoms with E-state index < -0.39 is 19.5 Å². The minimum atomic E-state index is -4.50. The maximum Gasteiger partial charge on any atom is 0.407 e. The van der Waals surface area contributed by atoms with E-state index in [2.05, 4.69) is 12.2 Å².